The number of carbonyl (C=O) groups is 2. The van der Waals surface area contributed by atoms with Crippen LogP contribution in [0.25, 0.3) is 0 Å². The van der Waals surface area contributed by atoms with Gasteiger partial charge in [-0.05, 0) is 62.4 Å². The van der Waals surface area contributed by atoms with Gasteiger partial charge in [-0.3, -0.25) is 14.3 Å². The fraction of sp³-hybridized carbons (Fsp3) is 0.261. The molecule has 0 radical (unpaired) electrons. The number of esters is 2. The van der Waals surface area contributed by atoms with Gasteiger partial charge in [0.1, 0.15) is 17.6 Å². The molecule has 0 spiro atoms. The Balaban J connectivity index is 1.87. The van der Waals surface area contributed by atoms with Gasteiger partial charge in [-0.1, -0.05) is 6.07 Å². The van der Waals surface area contributed by atoms with E-state index < -0.39 is 33.9 Å². The van der Waals surface area contributed by atoms with Crippen LogP contribution in [-0.2, 0) is 29.1 Å². The van der Waals surface area contributed by atoms with E-state index in [0.29, 0.717) is 11.4 Å². The summed E-state index contributed by atoms with van der Waals surface area (Å²) in [4.78, 5) is 29.3. The van der Waals surface area contributed by atoms with E-state index in [2.05, 4.69) is 15.0 Å². The quantitative estimate of drug-likeness (QED) is 0.308. The highest BCUT2D eigenvalue weighted by molar-refractivity contribution is 7.92. The van der Waals surface area contributed by atoms with Crippen LogP contribution in [-0.4, -0.2) is 38.6 Å². The molecule has 0 bridgehead atoms. The molecule has 0 unspecified atom stereocenters. The Morgan fingerprint density at radius 1 is 0.971 bits per heavy atom. The zero-order valence-electron chi connectivity index (χ0n) is 18.6. The third-order valence-electron chi connectivity index (χ3n) is 4.65. The number of sulfonamides is 1. The fourth-order valence-corrected chi connectivity index (χ4v) is 4.16. The molecule has 10 nitrogen and oxygen atoms in total. The molecule has 3 rings (SSSR count). The second-order valence-electron chi connectivity index (χ2n) is 6.96. The first-order chi connectivity index (χ1) is 16.4. The molecule has 0 aliphatic carbocycles. The van der Waals surface area contributed by atoms with Gasteiger partial charge in [-0.15, -0.1) is 0 Å². The monoisotopic (exact) mass is 487 g/mol. The van der Waals surface area contributed by atoms with Gasteiger partial charge >= 0.3 is 11.9 Å². The first-order valence-electron chi connectivity index (χ1n) is 10.5. The van der Waals surface area contributed by atoms with E-state index in [1.807, 2.05) is 0 Å². The number of carbonyl (C=O) groups excluding carboxylic acids is 2. The molecule has 0 saturated carbocycles. The molecule has 1 atom stereocenters. The van der Waals surface area contributed by atoms with Crippen molar-refractivity contribution in [3.63, 3.8) is 0 Å². The molecule has 11 heteroatoms. The van der Waals surface area contributed by atoms with Crippen LogP contribution in [0.15, 0.2) is 76.4 Å². The first kappa shape index (κ1) is 24.8. The maximum absolute atomic E-state index is 12.6. The lowest BCUT2D eigenvalue weighted by molar-refractivity contribution is -0.162. The van der Waals surface area contributed by atoms with Gasteiger partial charge in [0.2, 0.25) is 0 Å². The Kier molecular flexibility index (Phi) is 8.25. The Morgan fingerprint density at radius 2 is 1.65 bits per heavy atom. The van der Waals surface area contributed by atoms with Crippen LogP contribution in [0.2, 0.25) is 0 Å². The van der Waals surface area contributed by atoms with Crippen molar-refractivity contribution in [1.82, 2.24) is 4.98 Å². The predicted molar refractivity (Wildman–Crippen MR) is 123 cm³/mol. The van der Waals surface area contributed by atoms with Crippen molar-refractivity contribution < 1.29 is 31.9 Å². The molecule has 0 aliphatic rings. The largest absolute Gasteiger partial charge is 0.467 e. The predicted octanol–water partition coefficient (Wildman–Crippen LogP) is 3.37. The van der Waals surface area contributed by atoms with E-state index in [-0.39, 0.29) is 23.9 Å². The maximum Gasteiger partial charge on any atom is 0.322 e. The number of nitrogens with one attached hydrogen (secondary N) is 2. The lowest BCUT2D eigenvalue weighted by Crippen LogP contribution is -2.36. The van der Waals surface area contributed by atoms with Crippen molar-refractivity contribution in [3.8, 4) is 0 Å². The van der Waals surface area contributed by atoms with Crippen LogP contribution in [0, 0.1) is 5.92 Å². The van der Waals surface area contributed by atoms with E-state index in [9.17, 15) is 18.0 Å². The van der Waals surface area contributed by atoms with Gasteiger partial charge in [-0.2, -0.15) is 0 Å². The summed E-state index contributed by atoms with van der Waals surface area (Å²) in [5.41, 5.74) is 0.441. The van der Waals surface area contributed by atoms with Crippen molar-refractivity contribution in [2.45, 2.75) is 24.8 Å². The SMILES string of the molecule is CCOC(=O)C(C(=O)OCC)[C@H](Nc1ccc(S(=O)(=O)Nc2ccccn2)cc1)c1ccco1. The zero-order valence-corrected chi connectivity index (χ0v) is 19.4. The molecular weight excluding hydrogens is 462 g/mol. The number of hydrogen-bond acceptors (Lipinski definition) is 9. The summed E-state index contributed by atoms with van der Waals surface area (Å²) in [6.07, 6.45) is 2.89. The molecule has 180 valence electrons. The second kappa shape index (κ2) is 11.3. The summed E-state index contributed by atoms with van der Waals surface area (Å²) in [6.45, 7) is 3.42. The van der Waals surface area contributed by atoms with Crippen molar-refractivity contribution in [3.05, 3.63) is 72.8 Å². The first-order valence-corrected chi connectivity index (χ1v) is 12.0. The van der Waals surface area contributed by atoms with Gasteiger partial charge in [0.05, 0.1) is 24.4 Å². The summed E-state index contributed by atoms with van der Waals surface area (Å²) in [5.74, 6) is -2.39. The number of nitrogens with zero attached hydrogens (tertiary/aromatic N) is 1. The van der Waals surface area contributed by atoms with Gasteiger partial charge in [0.25, 0.3) is 10.0 Å². The van der Waals surface area contributed by atoms with Crippen molar-refractivity contribution in [2.24, 2.45) is 5.92 Å². The van der Waals surface area contributed by atoms with Crippen molar-refractivity contribution >= 4 is 33.5 Å². The number of hydrogen-bond donors (Lipinski definition) is 2. The highest BCUT2D eigenvalue weighted by atomic mass is 32.2. The molecule has 2 aromatic heterocycles. The molecule has 34 heavy (non-hydrogen) atoms. The minimum atomic E-state index is -3.87. The third-order valence-corrected chi connectivity index (χ3v) is 6.03. The van der Waals surface area contributed by atoms with Gasteiger partial charge < -0.3 is 19.2 Å². The molecule has 1 aromatic carbocycles. The zero-order chi connectivity index (χ0) is 24.6. The minimum absolute atomic E-state index is 0.00517. The Morgan fingerprint density at radius 3 is 2.18 bits per heavy atom. The Labute approximate surface area is 197 Å². The molecule has 0 aliphatic heterocycles. The molecular formula is C23H25N3O7S. The number of furan rings is 1. The molecule has 2 N–H and O–H groups in total. The van der Waals surface area contributed by atoms with Crippen molar-refractivity contribution in [2.75, 3.05) is 23.3 Å². The standard InChI is InChI=1S/C23H25N3O7S/c1-3-31-22(27)20(23(28)32-4-2)21(18-8-7-15-33-18)25-16-10-12-17(13-11-16)34(29,30)26-19-9-5-6-14-24-19/h5-15,20-21,25H,3-4H2,1-2H3,(H,24,26)/t21-/m1/s1. The lowest BCUT2D eigenvalue weighted by Gasteiger charge is -2.24. The topological polar surface area (TPSA) is 137 Å². The van der Waals surface area contributed by atoms with Gasteiger partial charge in [0.15, 0.2) is 5.92 Å². The fourth-order valence-electron chi connectivity index (χ4n) is 3.15. The Bertz CT molecular complexity index is 1160. The summed E-state index contributed by atoms with van der Waals surface area (Å²) in [6, 6.07) is 12.9. The van der Waals surface area contributed by atoms with Gasteiger partial charge in [-0.25, -0.2) is 13.4 Å². The number of aromatic nitrogens is 1. The van der Waals surface area contributed by atoms with E-state index >= 15 is 0 Å². The van der Waals surface area contributed by atoms with E-state index in [4.69, 9.17) is 13.9 Å². The number of benzene rings is 1. The van der Waals surface area contributed by atoms with E-state index in [1.165, 1.54) is 42.8 Å². The number of rotatable bonds is 11. The lowest BCUT2D eigenvalue weighted by atomic mass is 9.97. The number of pyridine rings is 1. The highest BCUT2D eigenvalue weighted by Crippen LogP contribution is 2.30. The highest BCUT2D eigenvalue weighted by Gasteiger charge is 2.40. The van der Waals surface area contributed by atoms with Crippen LogP contribution in [0.1, 0.15) is 25.6 Å². The average Bonchev–Trinajstić information content (AvgIpc) is 3.35. The maximum atomic E-state index is 12.6. The summed E-state index contributed by atoms with van der Waals surface area (Å²) < 4.78 is 43.3. The van der Waals surface area contributed by atoms with Crippen molar-refractivity contribution in [1.29, 1.82) is 0 Å². The molecule has 0 saturated heterocycles. The van der Waals surface area contributed by atoms with Crippen LogP contribution in [0.3, 0.4) is 0 Å². The molecule has 2 heterocycles. The van der Waals surface area contributed by atoms with Gasteiger partial charge in [0, 0.05) is 11.9 Å². The van der Waals surface area contributed by atoms with Crippen LogP contribution in [0.5, 0.6) is 0 Å². The number of anilines is 2. The summed E-state index contributed by atoms with van der Waals surface area (Å²) >= 11 is 0. The average molecular weight is 488 g/mol. The molecule has 3 aromatic rings. The second-order valence-corrected chi connectivity index (χ2v) is 8.65. The third kappa shape index (κ3) is 6.13. The van der Waals surface area contributed by atoms with Crippen LogP contribution < -0.4 is 10.0 Å². The minimum Gasteiger partial charge on any atom is -0.467 e. The van der Waals surface area contributed by atoms with E-state index in [0.717, 1.165) is 0 Å². The summed E-state index contributed by atoms with van der Waals surface area (Å²) in [7, 11) is -3.87. The van der Waals surface area contributed by atoms with Crippen LogP contribution in [0.4, 0.5) is 11.5 Å². The number of ether oxygens (including phenoxy) is 2. The smallest absolute Gasteiger partial charge is 0.322 e. The molecule has 0 amide bonds. The summed E-state index contributed by atoms with van der Waals surface area (Å²) in [5, 5.41) is 3.07. The normalized spacial score (nSPS) is 12.1. The van der Waals surface area contributed by atoms with Crippen LogP contribution >= 0.6 is 0 Å². The Hall–Kier alpha value is -3.86. The van der Waals surface area contributed by atoms with E-state index in [1.54, 1.807) is 38.1 Å². The molecule has 0 fully saturated rings.